The van der Waals surface area contributed by atoms with Crippen molar-refractivity contribution in [2.24, 2.45) is 5.92 Å². The highest BCUT2D eigenvalue weighted by atomic mass is 35.5. The molecule has 0 aromatic heterocycles. The summed E-state index contributed by atoms with van der Waals surface area (Å²) in [6.07, 6.45) is 2.35. The second kappa shape index (κ2) is 12.2. The highest BCUT2D eigenvalue weighted by molar-refractivity contribution is 6.30. The van der Waals surface area contributed by atoms with Crippen molar-refractivity contribution in [3.8, 4) is 0 Å². The van der Waals surface area contributed by atoms with Gasteiger partial charge in [0, 0.05) is 49.4 Å². The molecule has 1 aliphatic heterocycles. The lowest BCUT2D eigenvalue weighted by Gasteiger charge is -2.22. The van der Waals surface area contributed by atoms with Crippen molar-refractivity contribution in [2.45, 2.75) is 38.1 Å². The van der Waals surface area contributed by atoms with E-state index in [0.717, 1.165) is 24.9 Å². The molecular formula is C27H35ClN4O3. The van der Waals surface area contributed by atoms with E-state index < -0.39 is 6.04 Å². The van der Waals surface area contributed by atoms with Gasteiger partial charge in [-0.15, -0.1) is 0 Å². The number of carbonyl (C=O) groups excluding carboxylic acids is 3. The molecule has 35 heavy (non-hydrogen) atoms. The fourth-order valence-corrected chi connectivity index (χ4v) is 4.63. The van der Waals surface area contributed by atoms with Gasteiger partial charge < -0.3 is 20.4 Å². The van der Waals surface area contributed by atoms with E-state index >= 15 is 0 Å². The number of likely N-dealkylation sites (tertiary alicyclic amines) is 1. The van der Waals surface area contributed by atoms with Crippen LogP contribution in [0.2, 0.25) is 5.02 Å². The Morgan fingerprint density at radius 3 is 2.49 bits per heavy atom. The molecule has 1 heterocycles. The van der Waals surface area contributed by atoms with Crippen molar-refractivity contribution in [1.29, 1.82) is 0 Å². The maximum absolute atomic E-state index is 13.2. The maximum Gasteiger partial charge on any atom is 0.252 e. The Labute approximate surface area is 212 Å². The first-order valence-electron chi connectivity index (χ1n) is 12.1. The Morgan fingerprint density at radius 1 is 1.11 bits per heavy atom. The smallest absolute Gasteiger partial charge is 0.252 e. The fraction of sp³-hybridized carbons (Fsp3) is 0.444. The normalized spacial score (nSPS) is 18.7. The van der Waals surface area contributed by atoms with E-state index in [4.69, 9.17) is 11.6 Å². The first-order valence-corrected chi connectivity index (χ1v) is 12.4. The molecule has 2 aromatic carbocycles. The van der Waals surface area contributed by atoms with Crippen molar-refractivity contribution in [3.63, 3.8) is 0 Å². The van der Waals surface area contributed by atoms with E-state index in [2.05, 4.69) is 15.5 Å². The van der Waals surface area contributed by atoms with Crippen LogP contribution >= 0.6 is 11.6 Å². The van der Waals surface area contributed by atoms with Crippen LogP contribution in [-0.2, 0) is 9.59 Å². The summed E-state index contributed by atoms with van der Waals surface area (Å²) in [5.41, 5.74) is 2.03. The number of hydrogen-bond acceptors (Lipinski definition) is 4. The summed E-state index contributed by atoms with van der Waals surface area (Å²) in [5, 5.41) is 6.52. The molecule has 1 fully saturated rings. The van der Waals surface area contributed by atoms with Crippen molar-refractivity contribution in [3.05, 3.63) is 64.7 Å². The number of nitrogens with one attached hydrogen (secondary N) is 2. The van der Waals surface area contributed by atoms with Gasteiger partial charge in [-0.1, -0.05) is 49.6 Å². The summed E-state index contributed by atoms with van der Waals surface area (Å²) < 4.78 is 0. The molecule has 2 N–H and O–H groups in total. The monoisotopic (exact) mass is 498 g/mol. The lowest BCUT2D eigenvalue weighted by Crippen LogP contribution is -2.46. The summed E-state index contributed by atoms with van der Waals surface area (Å²) in [6, 6.07) is 13.9. The van der Waals surface area contributed by atoms with E-state index in [-0.39, 0.29) is 29.6 Å². The highest BCUT2D eigenvalue weighted by Crippen LogP contribution is 2.33. The van der Waals surface area contributed by atoms with Gasteiger partial charge >= 0.3 is 0 Å². The highest BCUT2D eigenvalue weighted by Gasteiger charge is 2.37. The van der Waals surface area contributed by atoms with Gasteiger partial charge in [0.1, 0.15) is 6.04 Å². The summed E-state index contributed by atoms with van der Waals surface area (Å²) in [5.74, 6) is -0.725. The molecule has 0 saturated carbocycles. The van der Waals surface area contributed by atoms with E-state index in [9.17, 15) is 14.4 Å². The Bertz CT molecular complexity index is 1040. The number of hydrogen-bond donors (Lipinski definition) is 2. The zero-order chi connectivity index (χ0) is 25.5. The van der Waals surface area contributed by atoms with Crippen LogP contribution < -0.4 is 10.6 Å². The molecule has 0 unspecified atom stereocenters. The number of amides is 3. The molecule has 0 spiro atoms. The molecule has 7 nitrogen and oxygen atoms in total. The van der Waals surface area contributed by atoms with Gasteiger partial charge in [0.25, 0.3) is 5.91 Å². The van der Waals surface area contributed by atoms with Gasteiger partial charge in [0.15, 0.2) is 0 Å². The minimum absolute atomic E-state index is 0.0557. The van der Waals surface area contributed by atoms with E-state index in [0.29, 0.717) is 29.2 Å². The topological polar surface area (TPSA) is 81.8 Å². The summed E-state index contributed by atoms with van der Waals surface area (Å²) in [4.78, 5) is 42.3. The molecule has 8 heteroatoms. The predicted molar refractivity (Wildman–Crippen MR) is 140 cm³/mol. The van der Waals surface area contributed by atoms with Crippen LogP contribution in [0.15, 0.2) is 48.5 Å². The molecule has 1 saturated heterocycles. The third kappa shape index (κ3) is 7.05. The van der Waals surface area contributed by atoms with E-state index in [1.54, 1.807) is 38.4 Å². The number of halogens is 1. The fourth-order valence-electron chi connectivity index (χ4n) is 4.51. The second-order valence-corrected chi connectivity index (χ2v) is 9.89. The quantitative estimate of drug-likeness (QED) is 0.547. The largest absolute Gasteiger partial charge is 0.347 e. The number of benzene rings is 2. The van der Waals surface area contributed by atoms with Crippen LogP contribution in [0, 0.1) is 5.92 Å². The third-order valence-corrected chi connectivity index (χ3v) is 6.67. The van der Waals surface area contributed by atoms with Gasteiger partial charge in [-0.05, 0) is 49.4 Å². The Balaban J connectivity index is 1.71. The SMILES string of the molecule is CCCC[C@H](NC(=O)c1cccc(NC(=O)[C@@H]2CN(C)C[C@H]2c2ccc(Cl)cc2)c1)C(=O)N(C)C. The number of anilines is 1. The van der Waals surface area contributed by atoms with Crippen LogP contribution in [0.4, 0.5) is 5.69 Å². The molecule has 0 radical (unpaired) electrons. The summed E-state index contributed by atoms with van der Waals surface area (Å²) in [7, 11) is 5.37. The first kappa shape index (κ1) is 26.7. The molecule has 188 valence electrons. The van der Waals surface area contributed by atoms with Crippen LogP contribution in [0.1, 0.15) is 48.0 Å². The van der Waals surface area contributed by atoms with Crippen molar-refractivity contribution in [2.75, 3.05) is 39.5 Å². The number of carbonyl (C=O) groups is 3. The van der Waals surface area contributed by atoms with Crippen LogP contribution in [0.5, 0.6) is 0 Å². The third-order valence-electron chi connectivity index (χ3n) is 6.42. The second-order valence-electron chi connectivity index (χ2n) is 9.46. The molecule has 3 amide bonds. The van der Waals surface area contributed by atoms with E-state index in [1.807, 2.05) is 38.2 Å². The first-order chi connectivity index (χ1) is 16.7. The Hall–Kier alpha value is -2.90. The standard InChI is InChI=1S/C27H35ClN4O3/c1-5-6-10-24(27(35)31(2)3)30-25(33)19-8-7-9-21(15-19)29-26(34)23-17-32(4)16-22(23)18-11-13-20(28)14-12-18/h7-9,11-15,22-24H,5-6,10,16-17H2,1-4H3,(H,29,34)(H,30,33)/t22-,23+,24-/m0/s1. The number of rotatable bonds is 9. The Morgan fingerprint density at radius 2 is 1.83 bits per heavy atom. The predicted octanol–water partition coefficient (Wildman–Crippen LogP) is 4.00. The lowest BCUT2D eigenvalue weighted by molar-refractivity contribution is -0.130. The van der Waals surface area contributed by atoms with Crippen LogP contribution in [-0.4, -0.2) is 67.8 Å². The average molecular weight is 499 g/mol. The molecular weight excluding hydrogens is 464 g/mol. The van der Waals surface area contributed by atoms with Gasteiger partial charge in [-0.2, -0.15) is 0 Å². The lowest BCUT2D eigenvalue weighted by atomic mass is 9.88. The Kier molecular flexibility index (Phi) is 9.29. The average Bonchev–Trinajstić information content (AvgIpc) is 3.23. The number of nitrogens with zero attached hydrogens (tertiary/aromatic N) is 2. The maximum atomic E-state index is 13.2. The van der Waals surface area contributed by atoms with Crippen LogP contribution in [0.25, 0.3) is 0 Å². The minimum atomic E-state index is -0.579. The van der Waals surface area contributed by atoms with Gasteiger partial charge in [0.2, 0.25) is 11.8 Å². The van der Waals surface area contributed by atoms with E-state index in [1.165, 1.54) is 4.90 Å². The molecule has 0 bridgehead atoms. The van der Waals surface area contributed by atoms with Crippen LogP contribution in [0.3, 0.4) is 0 Å². The molecule has 3 rings (SSSR count). The van der Waals surface area contributed by atoms with Gasteiger partial charge in [-0.25, -0.2) is 0 Å². The molecule has 1 aliphatic rings. The zero-order valence-electron chi connectivity index (χ0n) is 20.9. The van der Waals surface area contributed by atoms with Crippen molar-refractivity contribution < 1.29 is 14.4 Å². The number of likely N-dealkylation sites (N-methyl/N-ethyl adjacent to an activating group) is 2. The summed E-state index contributed by atoms with van der Waals surface area (Å²) in [6.45, 7) is 3.47. The summed E-state index contributed by atoms with van der Waals surface area (Å²) >= 11 is 6.04. The minimum Gasteiger partial charge on any atom is -0.347 e. The van der Waals surface area contributed by atoms with Crippen molar-refractivity contribution >= 4 is 35.0 Å². The number of unbranched alkanes of at least 4 members (excludes halogenated alkanes) is 1. The molecule has 2 aromatic rings. The molecule has 3 atom stereocenters. The zero-order valence-corrected chi connectivity index (χ0v) is 21.6. The molecule has 0 aliphatic carbocycles. The van der Waals surface area contributed by atoms with Gasteiger partial charge in [-0.3, -0.25) is 14.4 Å². The van der Waals surface area contributed by atoms with Gasteiger partial charge in [0.05, 0.1) is 5.92 Å². The van der Waals surface area contributed by atoms with Crippen molar-refractivity contribution in [1.82, 2.24) is 15.1 Å².